The molecule has 0 N–H and O–H groups in total. The minimum atomic E-state index is 0.708. The summed E-state index contributed by atoms with van der Waals surface area (Å²) in [4.78, 5) is 12.0. The van der Waals surface area contributed by atoms with Crippen molar-refractivity contribution in [1.29, 1.82) is 0 Å². The van der Waals surface area contributed by atoms with E-state index in [2.05, 4.69) is 19.7 Å². The zero-order chi connectivity index (χ0) is 15.2. The van der Waals surface area contributed by atoms with Crippen LogP contribution >= 0.6 is 11.6 Å². The molecule has 3 heterocycles. The summed E-state index contributed by atoms with van der Waals surface area (Å²) in [6.07, 6.45) is 7.26. The van der Waals surface area contributed by atoms with Gasteiger partial charge in [-0.15, -0.1) is 0 Å². The van der Waals surface area contributed by atoms with E-state index < -0.39 is 0 Å². The Morgan fingerprint density at radius 2 is 1.55 bits per heavy atom. The van der Waals surface area contributed by atoms with Gasteiger partial charge in [-0.3, -0.25) is 4.90 Å². The van der Waals surface area contributed by atoms with Crippen LogP contribution < -0.4 is 4.90 Å². The van der Waals surface area contributed by atoms with Gasteiger partial charge in [-0.05, 0) is 57.6 Å². The van der Waals surface area contributed by atoms with Crippen molar-refractivity contribution >= 4 is 17.4 Å². The van der Waals surface area contributed by atoms with E-state index in [0.29, 0.717) is 5.02 Å². The summed E-state index contributed by atoms with van der Waals surface area (Å²) < 4.78 is 0. The first kappa shape index (κ1) is 16.0. The molecule has 1 aromatic heterocycles. The first-order valence-corrected chi connectivity index (χ1v) is 9.00. The number of piperidine rings is 1. The summed E-state index contributed by atoms with van der Waals surface area (Å²) in [5.41, 5.74) is 0. The van der Waals surface area contributed by atoms with Crippen LogP contribution in [0.15, 0.2) is 18.3 Å². The van der Waals surface area contributed by atoms with Gasteiger partial charge < -0.3 is 9.80 Å². The largest absolute Gasteiger partial charge is 0.354 e. The molecule has 0 radical (unpaired) electrons. The van der Waals surface area contributed by atoms with Crippen molar-refractivity contribution in [2.45, 2.75) is 25.7 Å². The van der Waals surface area contributed by atoms with Crippen molar-refractivity contribution in [3.05, 3.63) is 23.4 Å². The predicted molar refractivity (Wildman–Crippen MR) is 92.8 cm³/mol. The van der Waals surface area contributed by atoms with Crippen molar-refractivity contribution in [1.82, 2.24) is 14.8 Å². The fraction of sp³-hybridized carbons (Fsp3) is 0.706. The molecule has 3 rings (SSSR count). The van der Waals surface area contributed by atoms with Gasteiger partial charge in [0.05, 0.1) is 5.02 Å². The van der Waals surface area contributed by atoms with Crippen LogP contribution in [-0.4, -0.2) is 67.1 Å². The van der Waals surface area contributed by atoms with E-state index in [1.807, 2.05) is 12.1 Å². The molecule has 5 heteroatoms. The number of hydrogen-bond donors (Lipinski definition) is 0. The zero-order valence-corrected chi connectivity index (χ0v) is 14.1. The van der Waals surface area contributed by atoms with Gasteiger partial charge in [0.25, 0.3) is 0 Å². The second-order valence-electron chi connectivity index (χ2n) is 6.42. The molecule has 22 heavy (non-hydrogen) atoms. The molecule has 0 aliphatic carbocycles. The van der Waals surface area contributed by atoms with E-state index >= 15 is 0 Å². The number of likely N-dealkylation sites (tertiary alicyclic amines) is 1. The van der Waals surface area contributed by atoms with Crippen LogP contribution in [0.3, 0.4) is 0 Å². The third kappa shape index (κ3) is 4.58. The normalized spacial score (nSPS) is 21.2. The quantitative estimate of drug-likeness (QED) is 0.831. The SMILES string of the molecule is Clc1ccc(N2CCN(CCCN3CCCCC3)CC2)nc1. The molecule has 2 aliphatic rings. The first-order valence-electron chi connectivity index (χ1n) is 8.62. The van der Waals surface area contributed by atoms with Crippen molar-refractivity contribution in [3.8, 4) is 0 Å². The average molecular weight is 323 g/mol. The van der Waals surface area contributed by atoms with Crippen LogP contribution in [0.5, 0.6) is 0 Å². The van der Waals surface area contributed by atoms with E-state index in [-0.39, 0.29) is 0 Å². The lowest BCUT2D eigenvalue weighted by molar-refractivity contribution is 0.198. The summed E-state index contributed by atoms with van der Waals surface area (Å²) in [7, 11) is 0. The number of hydrogen-bond acceptors (Lipinski definition) is 4. The van der Waals surface area contributed by atoms with Crippen molar-refractivity contribution in [3.63, 3.8) is 0 Å². The monoisotopic (exact) mass is 322 g/mol. The maximum atomic E-state index is 5.90. The number of aromatic nitrogens is 1. The highest BCUT2D eigenvalue weighted by Crippen LogP contribution is 2.16. The Morgan fingerprint density at radius 1 is 0.864 bits per heavy atom. The topological polar surface area (TPSA) is 22.6 Å². The molecule has 4 nitrogen and oxygen atoms in total. The standard InChI is InChI=1S/C17H27ClN4/c18-16-5-6-17(19-15-16)22-13-11-21(12-14-22)10-4-9-20-7-2-1-3-8-20/h5-6,15H,1-4,7-14H2. The number of nitrogens with zero attached hydrogens (tertiary/aromatic N) is 4. The molecule has 2 aliphatic heterocycles. The predicted octanol–water partition coefficient (Wildman–Crippen LogP) is 2.73. The Hall–Kier alpha value is -0.840. The number of halogens is 1. The van der Waals surface area contributed by atoms with Gasteiger partial charge in [0.15, 0.2) is 0 Å². The molecule has 2 fully saturated rings. The molecule has 1 aromatic rings. The van der Waals surface area contributed by atoms with Crippen molar-refractivity contribution in [2.75, 3.05) is 57.3 Å². The molecule has 0 unspecified atom stereocenters. The van der Waals surface area contributed by atoms with Crippen molar-refractivity contribution in [2.24, 2.45) is 0 Å². The highest BCUT2D eigenvalue weighted by atomic mass is 35.5. The fourth-order valence-electron chi connectivity index (χ4n) is 3.46. The van der Waals surface area contributed by atoms with Crippen LogP contribution in [0, 0.1) is 0 Å². The Bertz CT molecular complexity index is 436. The van der Waals surface area contributed by atoms with Gasteiger partial charge in [-0.25, -0.2) is 4.98 Å². The third-order valence-corrected chi connectivity index (χ3v) is 5.03. The molecule has 2 saturated heterocycles. The molecule has 0 spiro atoms. The van der Waals surface area contributed by atoms with Crippen LogP contribution in [-0.2, 0) is 0 Å². The molecule has 0 atom stereocenters. The van der Waals surface area contributed by atoms with Gasteiger partial charge in [0.1, 0.15) is 5.82 Å². The molecule has 0 amide bonds. The Balaban J connectivity index is 1.35. The van der Waals surface area contributed by atoms with Crippen LogP contribution in [0.1, 0.15) is 25.7 Å². The van der Waals surface area contributed by atoms with Gasteiger partial charge in [-0.1, -0.05) is 18.0 Å². The average Bonchev–Trinajstić information content (AvgIpc) is 2.57. The van der Waals surface area contributed by atoms with E-state index in [9.17, 15) is 0 Å². The summed E-state index contributed by atoms with van der Waals surface area (Å²) in [5, 5.41) is 0.708. The molecular weight excluding hydrogens is 296 g/mol. The number of piperazine rings is 1. The second-order valence-corrected chi connectivity index (χ2v) is 6.86. The van der Waals surface area contributed by atoms with Crippen molar-refractivity contribution < 1.29 is 0 Å². The van der Waals surface area contributed by atoms with Gasteiger partial charge in [0, 0.05) is 32.4 Å². The lowest BCUT2D eigenvalue weighted by Crippen LogP contribution is -2.47. The smallest absolute Gasteiger partial charge is 0.128 e. The summed E-state index contributed by atoms with van der Waals surface area (Å²) in [5.74, 6) is 1.05. The van der Waals surface area contributed by atoms with Gasteiger partial charge in [-0.2, -0.15) is 0 Å². The van der Waals surface area contributed by atoms with E-state index in [1.54, 1.807) is 6.20 Å². The second kappa shape index (κ2) is 8.14. The van der Waals surface area contributed by atoms with E-state index in [4.69, 9.17) is 11.6 Å². The summed E-state index contributed by atoms with van der Waals surface area (Å²) in [6.45, 7) is 9.56. The van der Waals surface area contributed by atoms with E-state index in [0.717, 1.165) is 32.0 Å². The lowest BCUT2D eigenvalue weighted by Gasteiger charge is -2.36. The maximum Gasteiger partial charge on any atom is 0.128 e. The molecule has 122 valence electrons. The van der Waals surface area contributed by atoms with Gasteiger partial charge in [0.2, 0.25) is 0 Å². The minimum Gasteiger partial charge on any atom is -0.354 e. The Labute approximate surface area is 139 Å². The maximum absolute atomic E-state index is 5.90. The molecule has 0 saturated carbocycles. The number of rotatable bonds is 5. The zero-order valence-electron chi connectivity index (χ0n) is 13.4. The highest BCUT2D eigenvalue weighted by molar-refractivity contribution is 6.30. The van der Waals surface area contributed by atoms with E-state index in [1.165, 1.54) is 51.9 Å². The summed E-state index contributed by atoms with van der Waals surface area (Å²) in [6, 6.07) is 3.95. The minimum absolute atomic E-state index is 0.708. The molecule has 0 aromatic carbocycles. The van der Waals surface area contributed by atoms with Gasteiger partial charge >= 0.3 is 0 Å². The number of anilines is 1. The first-order chi connectivity index (χ1) is 10.8. The summed E-state index contributed by atoms with van der Waals surface area (Å²) >= 11 is 5.90. The molecule has 0 bridgehead atoms. The third-order valence-electron chi connectivity index (χ3n) is 4.81. The fourth-order valence-corrected chi connectivity index (χ4v) is 3.57. The Kier molecular flexibility index (Phi) is 5.93. The highest BCUT2D eigenvalue weighted by Gasteiger charge is 2.18. The van der Waals surface area contributed by atoms with Crippen LogP contribution in [0.4, 0.5) is 5.82 Å². The van der Waals surface area contributed by atoms with Crippen LogP contribution in [0.25, 0.3) is 0 Å². The molecular formula is C17H27ClN4. The van der Waals surface area contributed by atoms with Crippen LogP contribution in [0.2, 0.25) is 5.02 Å². The Morgan fingerprint density at radius 3 is 2.18 bits per heavy atom. The number of pyridine rings is 1. The lowest BCUT2D eigenvalue weighted by atomic mass is 10.1.